The van der Waals surface area contributed by atoms with E-state index in [4.69, 9.17) is 9.47 Å². The zero-order valence-electron chi connectivity index (χ0n) is 18.5. The number of piperazine rings is 1. The SMILES string of the molecule is CCCCOc1ccc(S(=O)(=O)N2CCN(c3ccc(N4CCOCC4)nn3)CC2)cc1. The molecule has 2 fully saturated rings. The summed E-state index contributed by atoms with van der Waals surface area (Å²) < 4.78 is 38.6. The standard InChI is InChI=1S/C22H31N5O4S/c1-2-3-16-31-19-4-6-20(7-5-19)32(28,29)27-12-10-25(11-13-27)21-8-9-22(24-23-21)26-14-17-30-18-15-26/h4-9H,2-3,10-18H2,1H3. The van der Waals surface area contributed by atoms with Crippen LogP contribution in [0.1, 0.15) is 19.8 Å². The highest BCUT2D eigenvalue weighted by Gasteiger charge is 2.29. The molecule has 9 nitrogen and oxygen atoms in total. The lowest BCUT2D eigenvalue weighted by molar-refractivity contribution is 0.122. The van der Waals surface area contributed by atoms with E-state index in [-0.39, 0.29) is 0 Å². The smallest absolute Gasteiger partial charge is 0.243 e. The maximum Gasteiger partial charge on any atom is 0.243 e. The molecule has 1 aromatic carbocycles. The monoisotopic (exact) mass is 461 g/mol. The third-order valence-corrected chi connectivity index (χ3v) is 7.68. The zero-order valence-corrected chi connectivity index (χ0v) is 19.3. The van der Waals surface area contributed by atoms with Gasteiger partial charge in [0.05, 0.1) is 24.7 Å². The minimum Gasteiger partial charge on any atom is -0.494 e. The Balaban J connectivity index is 1.33. The fourth-order valence-corrected chi connectivity index (χ4v) is 5.22. The second-order valence-corrected chi connectivity index (χ2v) is 9.85. The van der Waals surface area contributed by atoms with Gasteiger partial charge in [-0.1, -0.05) is 13.3 Å². The molecule has 0 radical (unpaired) electrons. The lowest BCUT2D eigenvalue weighted by Crippen LogP contribution is -2.49. The van der Waals surface area contributed by atoms with Gasteiger partial charge >= 0.3 is 0 Å². The molecular formula is C22H31N5O4S. The van der Waals surface area contributed by atoms with Crippen LogP contribution in [-0.4, -0.2) is 82.0 Å². The molecule has 2 saturated heterocycles. The largest absolute Gasteiger partial charge is 0.494 e. The van der Waals surface area contributed by atoms with Crippen LogP contribution in [0.25, 0.3) is 0 Å². The van der Waals surface area contributed by atoms with Crippen molar-refractivity contribution in [1.29, 1.82) is 0 Å². The molecule has 0 saturated carbocycles. The van der Waals surface area contributed by atoms with E-state index in [1.165, 1.54) is 4.31 Å². The second-order valence-electron chi connectivity index (χ2n) is 7.91. The molecule has 0 aliphatic carbocycles. The van der Waals surface area contributed by atoms with Gasteiger partial charge in [0.15, 0.2) is 11.6 Å². The van der Waals surface area contributed by atoms with Crippen molar-refractivity contribution < 1.29 is 17.9 Å². The Hall–Kier alpha value is -2.43. The molecule has 0 spiro atoms. The summed E-state index contributed by atoms with van der Waals surface area (Å²) in [5.74, 6) is 2.31. The molecule has 0 amide bonds. The fourth-order valence-electron chi connectivity index (χ4n) is 3.80. The minimum absolute atomic E-state index is 0.295. The maximum atomic E-state index is 13.0. The molecule has 4 rings (SSSR count). The molecule has 1 aromatic heterocycles. The number of hydrogen-bond donors (Lipinski definition) is 0. The summed E-state index contributed by atoms with van der Waals surface area (Å²) in [5, 5.41) is 8.74. The first-order valence-corrected chi connectivity index (χ1v) is 12.7. The number of aromatic nitrogens is 2. The Morgan fingerprint density at radius 2 is 1.47 bits per heavy atom. The number of rotatable bonds is 8. The van der Waals surface area contributed by atoms with Crippen molar-refractivity contribution in [2.45, 2.75) is 24.7 Å². The molecule has 3 heterocycles. The molecule has 0 N–H and O–H groups in total. The van der Waals surface area contributed by atoms with Crippen molar-refractivity contribution in [1.82, 2.24) is 14.5 Å². The van der Waals surface area contributed by atoms with E-state index >= 15 is 0 Å². The molecule has 10 heteroatoms. The first-order valence-electron chi connectivity index (χ1n) is 11.2. The quantitative estimate of drug-likeness (QED) is 0.552. The highest BCUT2D eigenvalue weighted by molar-refractivity contribution is 7.89. The molecule has 2 aromatic rings. The molecule has 2 aliphatic rings. The van der Waals surface area contributed by atoms with Crippen LogP contribution in [0, 0.1) is 0 Å². The number of benzene rings is 1. The summed E-state index contributed by atoms with van der Waals surface area (Å²) in [6.45, 7) is 7.74. The van der Waals surface area contributed by atoms with Gasteiger partial charge in [-0.2, -0.15) is 4.31 Å². The van der Waals surface area contributed by atoms with Crippen LogP contribution < -0.4 is 14.5 Å². The number of hydrogen-bond acceptors (Lipinski definition) is 8. The van der Waals surface area contributed by atoms with Crippen molar-refractivity contribution in [3.63, 3.8) is 0 Å². The van der Waals surface area contributed by atoms with E-state index in [2.05, 4.69) is 26.9 Å². The number of ether oxygens (including phenoxy) is 2. The van der Waals surface area contributed by atoms with E-state index < -0.39 is 10.0 Å². The Kier molecular flexibility index (Phi) is 7.44. The highest BCUT2D eigenvalue weighted by atomic mass is 32.2. The molecule has 2 aliphatic heterocycles. The Bertz CT molecular complexity index is 955. The Morgan fingerprint density at radius 3 is 2.03 bits per heavy atom. The lowest BCUT2D eigenvalue weighted by Gasteiger charge is -2.34. The topological polar surface area (TPSA) is 88.1 Å². The van der Waals surface area contributed by atoms with E-state index in [1.807, 2.05) is 12.1 Å². The van der Waals surface area contributed by atoms with E-state index in [9.17, 15) is 8.42 Å². The predicted molar refractivity (Wildman–Crippen MR) is 123 cm³/mol. The van der Waals surface area contributed by atoms with Gasteiger partial charge in [-0.15, -0.1) is 10.2 Å². The van der Waals surface area contributed by atoms with Gasteiger partial charge in [0.1, 0.15) is 5.75 Å². The van der Waals surface area contributed by atoms with E-state index in [0.29, 0.717) is 56.6 Å². The van der Waals surface area contributed by atoms with Crippen LogP contribution >= 0.6 is 0 Å². The molecule has 0 atom stereocenters. The number of anilines is 2. The van der Waals surface area contributed by atoms with E-state index in [0.717, 1.165) is 37.6 Å². The number of nitrogens with zero attached hydrogens (tertiary/aromatic N) is 5. The first kappa shape index (κ1) is 22.8. The fraction of sp³-hybridized carbons (Fsp3) is 0.545. The summed E-state index contributed by atoms with van der Waals surface area (Å²) >= 11 is 0. The summed E-state index contributed by atoms with van der Waals surface area (Å²) in [7, 11) is -3.53. The zero-order chi connectivity index (χ0) is 22.4. The van der Waals surface area contributed by atoms with Crippen molar-refractivity contribution in [3.05, 3.63) is 36.4 Å². The van der Waals surface area contributed by atoms with Crippen molar-refractivity contribution in [2.24, 2.45) is 0 Å². The van der Waals surface area contributed by atoms with Gasteiger partial charge in [-0.3, -0.25) is 0 Å². The number of sulfonamides is 1. The summed E-state index contributed by atoms with van der Waals surface area (Å²) in [6, 6.07) is 10.6. The van der Waals surface area contributed by atoms with Crippen LogP contribution in [0.4, 0.5) is 11.6 Å². The van der Waals surface area contributed by atoms with Crippen LogP contribution in [0.3, 0.4) is 0 Å². The van der Waals surface area contributed by atoms with Gasteiger partial charge in [0.2, 0.25) is 10.0 Å². The maximum absolute atomic E-state index is 13.0. The molecule has 0 bridgehead atoms. The summed E-state index contributed by atoms with van der Waals surface area (Å²) in [4.78, 5) is 4.53. The lowest BCUT2D eigenvalue weighted by atomic mass is 10.3. The van der Waals surface area contributed by atoms with Crippen molar-refractivity contribution >= 4 is 21.7 Å². The van der Waals surface area contributed by atoms with Gasteiger partial charge in [-0.25, -0.2) is 8.42 Å². The number of unbranched alkanes of at least 4 members (excludes halogenated alkanes) is 1. The van der Waals surface area contributed by atoms with Crippen molar-refractivity contribution in [2.75, 3.05) is 68.9 Å². The Morgan fingerprint density at radius 1 is 0.875 bits per heavy atom. The van der Waals surface area contributed by atoms with Crippen LogP contribution in [0.5, 0.6) is 5.75 Å². The first-order chi connectivity index (χ1) is 15.6. The summed E-state index contributed by atoms with van der Waals surface area (Å²) in [6.07, 6.45) is 2.03. The minimum atomic E-state index is -3.53. The van der Waals surface area contributed by atoms with Gasteiger partial charge < -0.3 is 19.3 Å². The number of morpholine rings is 1. The Labute approximate surface area is 190 Å². The van der Waals surface area contributed by atoms with E-state index in [1.54, 1.807) is 24.3 Å². The van der Waals surface area contributed by atoms with Crippen molar-refractivity contribution in [3.8, 4) is 5.75 Å². The predicted octanol–water partition coefficient (Wildman–Crippen LogP) is 2.00. The molecular weight excluding hydrogens is 430 g/mol. The van der Waals surface area contributed by atoms with Crippen LogP contribution in [-0.2, 0) is 14.8 Å². The third kappa shape index (κ3) is 5.31. The molecule has 0 unspecified atom stereocenters. The van der Waals surface area contributed by atoms with Crippen LogP contribution in [0.15, 0.2) is 41.3 Å². The summed E-state index contributed by atoms with van der Waals surface area (Å²) in [5.41, 5.74) is 0. The van der Waals surface area contributed by atoms with Gasteiger partial charge in [-0.05, 0) is 42.8 Å². The highest BCUT2D eigenvalue weighted by Crippen LogP contribution is 2.23. The van der Waals surface area contributed by atoms with Gasteiger partial charge in [0, 0.05) is 39.3 Å². The average Bonchev–Trinajstić information content (AvgIpc) is 2.85. The average molecular weight is 462 g/mol. The molecule has 32 heavy (non-hydrogen) atoms. The molecule has 174 valence electrons. The third-order valence-electron chi connectivity index (χ3n) is 5.76. The van der Waals surface area contributed by atoms with Crippen LogP contribution in [0.2, 0.25) is 0 Å². The normalized spacial score (nSPS) is 18.0. The van der Waals surface area contributed by atoms with Gasteiger partial charge in [0.25, 0.3) is 0 Å². The second kappa shape index (κ2) is 10.5.